The highest BCUT2D eigenvalue weighted by molar-refractivity contribution is 5.80. The second-order valence-electron chi connectivity index (χ2n) is 8.53. The number of alkyl carbamates (subject to hydrolysis) is 1. The number of hydrogen-bond acceptors (Lipinski definition) is 6. The summed E-state index contributed by atoms with van der Waals surface area (Å²) in [5.41, 5.74) is 4.61. The van der Waals surface area contributed by atoms with Crippen molar-refractivity contribution in [3.63, 3.8) is 0 Å². The number of carboxylic acid groups (broad SMARTS) is 1. The molecule has 1 aliphatic heterocycles. The molecule has 1 fully saturated rings. The molecular weight excluding hydrogens is 452 g/mol. The standard InChI is InChI=1S/C26H30N2O7/c1-2-28(23-15-34-13-22(23)25(30)31)24(29)16-33-12-11-27-26(32)35-14-21-19-9-5-3-7-17(19)18-8-4-6-10-20(18)21/h3-10,21-23H,2,11-16H2,1H3,(H,27,32)(H,30,31). The highest BCUT2D eigenvalue weighted by Gasteiger charge is 2.39. The minimum absolute atomic E-state index is 0.0174. The lowest BCUT2D eigenvalue weighted by Crippen LogP contribution is -2.47. The molecule has 9 nitrogen and oxygen atoms in total. The largest absolute Gasteiger partial charge is 0.481 e. The zero-order valence-corrected chi connectivity index (χ0v) is 19.6. The fourth-order valence-electron chi connectivity index (χ4n) is 4.80. The number of amides is 2. The molecule has 1 heterocycles. The zero-order chi connectivity index (χ0) is 24.8. The molecule has 2 amide bonds. The van der Waals surface area contributed by atoms with Crippen LogP contribution in [0.2, 0.25) is 0 Å². The van der Waals surface area contributed by atoms with Crippen LogP contribution >= 0.6 is 0 Å². The van der Waals surface area contributed by atoms with E-state index in [1.807, 2.05) is 24.3 Å². The van der Waals surface area contributed by atoms with Crippen LogP contribution in [-0.4, -0.2) is 80.1 Å². The first-order valence-electron chi connectivity index (χ1n) is 11.8. The molecule has 4 rings (SSSR count). The van der Waals surface area contributed by atoms with E-state index in [1.165, 1.54) is 4.90 Å². The summed E-state index contributed by atoms with van der Waals surface area (Å²) in [4.78, 5) is 37.6. The van der Waals surface area contributed by atoms with E-state index in [-0.39, 0.29) is 51.4 Å². The van der Waals surface area contributed by atoms with E-state index in [4.69, 9.17) is 14.2 Å². The molecule has 0 saturated carbocycles. The maximum absolute atomic E-state index is 12.5. The third kappa shape index (κ3) is 5.47. The van der Waals surface area contributed by atoms with Gasteiger partial charge in [-0.1, -0.05) is 48.5 Å². The van der Waals surface area contributed by atoms with E-state index in [0.717, 1.165) is 22.3 Å². The minimum atomic E-state index is -0.980. The van der Waals surface area contributed by atoms with Crippen molar-refractivity contribution < 1.29 is 33.7 Å². The van der Waals surface area contributed by atoms with Crippen molar-refractivity contribution in [2.45, 2.75) is 18.9 Å². The number of nitrogens with zero attached hydrogens (tertiary/aromatic N) is 1. The lowest BCUT2D eigenvalue weighted by atomic mass is 9.98. The summed E-state index contributed by atoms with van der Waals surface area (Å²) in [6, 6.07) is 15.7. The number of carbonyl (C=O) groups is 3. The highest BCUT2D eigenvalue weighted by atomic mass is 16.5. The van der Waals surface area contributed by atoms with E-state index in [9.17, 15) is 19.5 Å². The Morgan fingerprint density at radius 3 is 2.34 bits per heavy atom. The smallest absolute Gasteiger partial charge is 0.407 e. The fourth-order valence-corrected chi connectivity index (χ4v) is 4.80. The zero-order valence-electron chi connectivity index (χ0n) is 19.6. The van der Waals surface area contributed by atoms with Crippen LogP contribution in [0.5, 0.6) is 0 Å². The van der Waals surface area contributed by atoms with E-state index in [0.29, 0.717) is 6.54 Å². The predicted octanol–water partition coefficient (Wildman–Crippen LogP) is 2.49. The molecular formula is C26H30N2O7. The normalized spacial score (nSPS) is 18.5. The van der Waals surface area contributed by atoms with Crippen molar-refractivity contribution in [2.75, 3.05) is 46.1 Å². The summed E-state index contributed by atoms with van der Waals surface area (Å²) in [7, 11) is 0. The summed E-state index contributed by atoms with van der Waals surface area (Å²) in [5, 5.41) is 12.0. The molecule has 186 valence electrons. The Morgan fingerprint density at radius 2 is 1.71 bits per heavy atom. The first-order valence-corrected chi connectivity index (χ1v) is 11.8. The topological polar surface area (TPSA) is 114 Å². The molecule has 0 aromatic heterocycles. The van der Waals surface area contributed by atoms with Crippen LogP contribution in [0.3, 0.4) is 0 Å². The third-order valence-corrected chi connectivity index (χ3v) is 6.51. The molecule has 1 aliphatic carbocycles. The Morgan fingerprint density at radius 1 is 1.06 bits per heavy atom. The first kappa shape index (κ1) is 24.7. The van der Waals surface area contributed by atoms with Gasteiger partial charge in [0.1, 0.15) is 19.1 Å². The number of carboxylic acids is 1. The number of likely N-dealkylation sites (N-methyl/N-ethyl adjacent to an activating group) is 1. The van der Waals surface area contributed by atoms with Crippen LogP contribution in [0.15, 0.2) is 48.5 Å². The van der Waals surface area contributed by atoms with E-state index in [2.05, 4.69) is 29.6 Å². The molecule has 2 atom stereocenters. The van der Waals surface area contributed by atoms with Gasteiger partial charge in [0, 0.05) is 19.0 Å². The van der Waals surface area contributed by atoms with Gasteiger partial charge in [0.15, 0.2) is 0 Å². The third-order valence-electron chi connectivity index (χ3n) is 6.51. The summed E-state index contributed by atoms with van der Waals surface area (Å²) < 4.78 is 16.1. The molecule has 1 saturated heterocycles. The van der Waals surface area contributed by atoms with Gasteiger partial charge in [0.25, 0.3) is 0 Å². The van der Waals surface area contributed by atoms with Crippen molar-refractivity contribution in [3.05, 3.63) is 59.7 Å². The van der Waals surface area contributed by atoms with Crippen molar-refractivity contribution >= 4 is 18.0 Å². The molecule has 2 aliphatic rings. The molecule has 0 radical (unpaired) electrons. The molecule has 2 aromatic rings. The maximum atomic E-state index is 12.5. The van der Waals surface area contributed by atoms with Gasteiger partial charge in [-0.05, 0) is 29.2 Å². The van der Waals surface area contributed by atoms with Gasteiger partial charge in [0.05, 0.1) is 25.9 Å². The molecule has 2 unspecified atom stereocenters. The number of fused-ring (bicyclic) bond motifs is 3. The summed E-state index contributed by atoms with van der Waals surface area (Å²) >= 11 is 0. The van der Waals surface area contributed by atoms with Crippen molar-refractivity contribution in [1.82, 2.24) is 10.2 Å². The highest BCUT2D eigenvalue weighted by Crippen LogP contribution is 2.44. The lowest BCUT2D eigenvalue weighted by molar-refractivity contribution is -0.146. The van der Waals surface area contributed by atoms with Crippen LogP contribution in [0.25, 0.3) is 11.1 Å². The average Bonchev–Trinajstić information content (AvgIpc) is 3.46. The van der Waals surface area contributed by atoms with Gasteiger partial charge in [-0.15, -0.1) is 0 Å². The molecule has 35 heavy (non-hydrogen) atoms. The number of carbonyl (C=O) groups excluding carboxylic acids is 2. The van der Waals surface area contributed by atoms with Gasteiger partial charge >= 0.3 is 12.1 Å². The Bertz CT molecular complexity index is 1030. The van der Waals surface area contributed by atoms with Gasteiger partial charge in [-0.2, -0.15) is 0 Å². The van der Waals surface area contributed by atoms with Crippen molar-refractivity contribution in [1.29, 1.82) is 0 Å². The molecule has 2 aromatic carbocycles. The fraction of sp³-hybridized carbons (Fsp3) is 0.423. The number of rotatable bonds is 10. The quantitative estimate of drug-likeness (QED) is 0.500. The van der Waals surface area contributed by atoms with Crippen LogP contribution in [0, 0.1) is 5.92 Å². The Labute approximate surface area is 204 Å². The van der Waals surface area contributed by atoms with Crippen molar-refractivity contribution in [2.24, 2.45) is 5.92 Å². The Kier molecular flexibility index (Phi) is 7.99. The van der Waals surface area contributed by atoms with Gasteiger partial charge < -0.3 is 29.5 Å². The number of nitrogens with one attached hydrogen (secondary N) is 1. The van der Waals surface area contributed by atoms with Gasteiger partial charge in [-0.25, -0.2) is 4.79 Å². The molecule has 0 bridgehead atoms. The van der Waals surface area contributed by atoms with Crippen LogP contribution < -0.4 is 5.32 Å². The predicted molar refractivity (Wildman–Crippen MR) is 127 cm³/mol. The SMILES string of the molecule is CCN(C(=O)COCCNC(=O)OCC1c2ccccc2-c2ccccc21)C1COCC1C(=O)O. The molecule has 0 spiro atoms. The number of hydrogen-bond donors (Lipinski definition) is 2. The minimum Gasteiger partial charge on any atom is -0.481 e. The van der Waals surface area contributed by atoms with E-state index in [1.54, 1.807) is 6.92 Å². The van der Waals surface area contributed by atoms with Crippen molar-refractivity contribution in [3.8, 4) is 11.1 Å². The summed E-state index contributed by atoms with van der Waals surface area (Å²) in [6.45, 7) is 2.75. The van der Waals surface area contributed by atoms with Crippen LogP contribution in [0.1, 0.15) is 24.0 Å². The van der Waals surface area contributed by atoms with Gasteiger partial charge in [-0.3, -0.25) is 9.59 Å². The van der Waals surface area contributed by atoms with E-state index < -0.39 is 24.0 Å². The monoisotopic (exact) mass is 482 g/mol. The number of aliphatic carboxylic acids is 1. The Balaban J connectivity index is 1.19. The molecule has 9 heteroatoms. The molecule has 2 N–H and O–H groups in total. The van der Waals surface area contributed by atoms with Crippen LogP contribution in [0.4, 0.5) is 4.79 Å². The maximum Gasteiger partial charge on any atom is 0.407 e. The van der Waals surface area contributed by atoms with Gasteiger partial charge in [0.2, 0.25) is 5.91 Å². The van der Waals surface area contributed by atoms with E-state index >= 15 is 0 Å². The summed E-state index contributed by atoms with van der Waals surface area (Å²) in [5.74, 6) is -2.05. The van der Waals surface area contributed by atoms with Crippen LogP contribution in [-0.2, 0) is 23.8 Å². The number of ether oxygens (including phenoxy) is 3. The number of benzene rings is 2. The lowest BCUT2D eigenvalue weighted by Gasteiger charge is -2.29. The first-order chi connectivity index (χ1) is 17.0. The Hall–Kier alpha value is -3.43. The second kappa shape index (κ2) is 11.3. The average molecular weight is 483 g/mol. The second-order valence-corrected chi connectivity index (χ2v) is 8.53. The summed E-state index contributed by atoms with van der Waals surface area (Å²) in [6.07, 6.45) is -0.552.